The second kappa shape index (κ2) is 17.0. The third-order valence-electron chi connectivity index (χ3n) is 9.53. The number of hydrogen-bond donors (Lipinski definition) is 4. The molecule has 3 aliphatic heterocycles. The van der Waals surface area contributed by atoms with Crippen molar-refractivity contribution in [1.82, 2.24) is 49.2 Å². The second-order valence-electron chi connectivity index (χ2n) is 14.0. The van der Waals surface area contributed by atoms with E-state index >= 15 is 4.39 Å². The van der Waals surface area contributed by atoms with Gasteiger partial charge in [0.1, 0.15) is 37.4 Å². The van der Waals surface area contributed by atoms with E-state index < -0.39 is 104 Å². The fourth-order valence-electron chi connectivity index (χ4n) is 6.55. The molecule has 322 valence electrons. The number of alkyl halides is 1. The number of ether oxygens (including phenoxy) is 2. The lowest BCUT2D eigenvalue weighted by Gasteiger charge is -2.27. The van der Waals surface area contributed by atoms with Crippen LogP contribution in [0.5, 0.6) is 0 Å². The molecule has 0 saturated carbocycles. The molecule has 25 nitrogen and oxygen atoms in total. The van der Waals surface area contributed by atoms with Crippen LogP contribution in [-0.2, 0) is 46.9 Å². The molecule has 3 fully saturated rings. The number of hydrogen-bond acceptors (Lipinski definition) is 18. The van der Waals surface area contributed by atoms with Gasteiger partial charge in [-0.3, -0.25) is 47.0 Å². The lowest BCUT2D eigenvalue weighted by atomic mass is 10.1. The number of nitrogens with zero attached hydrogens (tertiary/aromatic N) is 9. The van der Waals surface area contributed by atoms with Crippen molar-refractivity contribution in [3.05, 3.63) is 70.3 Å². The molecule has 0 spiro atoms. The Morgan fingerprint density at radius 3 is 2.67 bits per heavy atom. The molecule has 8 atom stereocenters. The van der Waals surface area contributed by atoms with Crippen LogP contribution in [0.4, 0.5) is 16.2 Å². The maximum Gasteiger partial charge on any atom is 0.475 e. The Bertz CT molecular complexity index is 2730. The van der Waals surface area contributed by atoms with E-state index in [0.29, 0.717) is 5.56 Å². The highest BCUT2D eigenvalue weighted by atomic mass is 32.2. The van der Waals surface area contributed by atoms with Gasteiger partial charge in [-0.1, -0.05) is 37.3 Å². The number of carbonyl (C=O) groups is 2. The summed E-state index contributed by atoms with van der Waals surface area (Å²) < 4.78 is 96.7. The van der Waals surface area contributed by atoms with E-state index in [0.717, 1.165) is 11.0 Å². The van der Waals surface area contributed by atoms with Gasteiger partial charge in [-0.25, -0.2) is 30.5 Å². The van der Waals surface area contributed by atoms with Gasteiger partial charge in [-0.05, 0) is 12.1 Å². The highest BCUT2D eigenvalue weighted by Gasteiger charge is 2.53. The van der Waals surface area contributed by atoms with E-state index in [9.17, 15) is 27.4 Å². The Balaban J connectivity index is 1.06. The monoisotopic (exact) mass is 887 g/mol. The SMILES string of the molecule is [C-]#[N+]CCOP1(=O)OC[C@H]2O[C@@H](n3nnc4c(=O)[nH]c(NC(=O)C(C)C)nc43)C[C@@H]2OS(=O)(=O)NC[C@H]2O[C@@H](n3cnc4c(NC(=O)c5ccccc5)ncnc43)[C@H](F)[C@@H]2O1. The maximum absolute atomic E-state index is 16.7. The fraction of sp³-hybridized carbons (Fsp3) is 0.455. The van der Waals surface area contributed by atoms with Crippen LogP contribution in [0.3, 0.4) is 0 Å². The molecule has 7 heterocycles. The topological polar surface area (TPSA) is 301 Å². The van der Waals surface area contributed by atoms with Crippen LogP contribution in [0.25, 0.3) is 27.2 Å². The molecular formula is C33H35FN13O12PS. The number of nitrogens with one attached hydrogen (secondary N) is 4. The molecule has 61 heavy (non-hydrogen) atoms. The molecule has 28 heteroatoms. The number of benzene rings is 1. The van der Waals surface area contributed by atoms with Crippen molar-refractivity contribution < 1.29 is 54.2 Å². The van der Waals surface area contributed by atoms with Gasteiger partial charge < -0.3 is 19.6 Å². The van der Waals surface area contributed by atoms with Crippen LogP contribution in [0.1, 0.15) is 43.1 Å². The minimum atomic E-state index is -4.85. The molecule has 0 radical (unpaired) electrons. The number of fused-ring (bicyclic) bond motifs is 4. The smallest absolute Gasteiger partial charge is 0.348 e. The third kappa shape index (κ3) is 8.75. The van der Waals surface area contributed by atoms with Gasteiger partial charge in [0.2, 0.25) is 18.4 Å². The average molecular weight is 888 g/mol. The summed E-state index contributed by atoms with van der Waals surface area (Å²) in [7, 11) is -9.55. The summed E-state index contributed by atoms with van der Waals surface area (Å²) in [6.07, 6.45) is -9.16. The zero-order valence-electron chi connectivity index (χ0n) is 31.9. The minimum Gasteiger partial charge on any atom is -0.348 e. The molecule has 0 bridgehead atoms. The van der Waals surface area contributed by atoms with Gasteiger partial charge in [-0.15, -0.1) is 5.10 Å². The number of amides is 2. The first kappa shape index (κ1) is 42.0. The van der Waals surface area contributed by atoms with E-state index in [1.807, 2.05) is 0 Å². The Hall–Kier alpha value is -5.69. The predicted molar refractivity (Wildman–Crippen MR) is 204 cm³/mol. The summed E-state index contributed by atoms with van der Waals surface area (Å²) in [6.45, 7) is 8.23. The number of aromatic nitrogens is 9. The number of halogens is 1. The van der Waals surface area contributed by atoms with E-state index in [1.165, 1.54) is 10.9 Å². The summed E-state index contributed by atoms with van der Waals surface area (Å²) in [5, 5.41) is 12.9. The van der Waals surface area contributed by atoms with E-state index in [2.05, 4.69) is 55.4 Å². The largest absolute Gasteiger partial charge is 0.475 e. The van der Waals surface area contributed by atoms with Crippen LogP contribution in [0.2, 0.25) is 0 Å². The highest BCUT2D eigenvalue weighted by molar-refractivity contribution is 7.84. The second-order valence-corrected chi connectivity index (χ2v) is 17.0. The van der Waals surface area contributed by atoms with Crippen LogP contribution in [-0.4, -0.2) is 122 Å². The van der Waals surface area contributed by atoms with Gasteiger partial charge in [0.25, 0.3) is 11.5 Å². The third-order valence-corrected chi connectivity index (χ3v) is 12.0. The van der Waals surface area contributed by atoms with Crippen molar-refractivity contribution in [3.8, 4) is 0 Å². The van der Waals surface area contributed by atoms with Gasteiger partial charge in [0, 0.05) is 24.4 Å². The van der Waals surface area contributed by atoms with Gasteiger partial charge >= 0.3 is 18.1 Å². The van der Waals surface area contributed by atoms with Crippen molar-refractivity contribution in [2.24, 2.45) is 5.92 Å². The maximum atomic E-state index is 16.7. The Morgan fingerprint density at radius 1 is 1.10 bits per heavy atom. The van der Waals surface area contributed by atoms with Crippen molar-refractivity contribution >= 4 is 64.0 Å². The molecule has 3 aliphatic rings. The number of anilines is 2. The van der Waals surface area contributed by atoms with E-state index in [1.54, 1.807) is 44.2 Å². The normalized spacial score (nSPS) is 27.8. The van der Waals surface area contributed by atoms with Crippen LogP contribution in [0.15, 0.2) is 47.8 Å². The number of carbonyl (C=O) groups excluding carboxylic acids is 2. The molecule has 1 aromatic carbocycles. The number of rotatable bonds is 9. The van der Waals surface area contributed by atoms with E-state index in [4.69, 9.17) is 33.8 Å². The first-order chi connectivity index (χ1) is 29.2. The Kier molecular flexibility index (Phi) is 11.7. The minimum absolute atomic E-state index is 0.00147. The van der Waals surface area contributed by atoms with Crippen LogP contribution < -0.4 is 20.9 Å². The quantitative estimate of drug-likeness (QED) is 0.0924. The summed E-state index contributed by atoms with van der Waals surface area (Å²) >= 11 is 0. The highest BCUT2D eigenvalue weighted by Crippen LogP contribution is 2.54. The number of phosphoric ester groups is 1. The zero-order chi connectivity index (χ0) is 43.1. The first-order valence-corrected chi connectivity index (χ1v) is 21.3. The summed E-state index contributed by atoms with van der Waals surface area (Å²) in [5.41, 5.74) is -0.708. The summed E-state index contributed by atoms with van der Waals surface area (Å²) in [6, 6.07) is 8.28. The summed E-state index contributed by atoms with van der Waals surface area (Å²) in [4.78, 5) is 60.4. The first-order valence-electron chi connectivity index (χ1n) is 18.5. The molecule has 2 amide bonds. The molecular weight excluding hydrogens is 852 g/mol. The van der Waals surface area contributed by atoms with Crippen molar-refractivity contribution in [2.75, 3.05) is 36.9 Å². The predicted octanol–water partition coefficient (Wildman–Crippen LogP) is 1.40. The zero-order valence-corrected chi connectivity index (χ0v) is 33.6. The molecule has 4 N–H and O–H groups in total. The summed E-state index contributed by atoms with van der Waals surface area (Å²) in [5.74, 6) is -1.61. The number of H-pyrrole nitrogens is 1. The van der Waals surface area contributed by atoms with Crippen LogP contribution >= 0.6 is 7.82 Å². The molecule has 5 aromatic rings. The van der Waals surface area contributed by atoms with Crippen LogP contribution in [0, 0.1) is 12.5 Å². The van der Waals surface area contributed by atoms with Gasteiger partial charge in [0.15, 0.2) is 46.8 Å². The molecule has 4 aromatic heterocycles. The molecule has 3 saturated heterocycles. The Labute approximate surface area is 343 Å². The van der Waals surface area contributed by atoms with Crippen molar-refractivity contribution in [1.29, 1.82) is 0 Å². The Morgan fingerprint density at radius 2 is 1.90 bits per heavy atom. The van der Waals surface area contributed by atoms with Crippen molar-refractivity contribution in [2.45, 2.75) is 63.3 Å². The number of phosphoric acid groups is 1. The molecule has 1 unspecified atom stereocenters. The van der Waals surface area contributed by atoms with Gasteiger partial charge in [0.05, 0.1) is 12.9 Å². The van der Waals surface area contributed by atoms with E-state index in [-0.39, 0.29) is 47.1 Å². The van der Waals surface area contributed by atoms with Crippen molar-refractivity contribution in [3.63, 3.8) is 0 Å². The standard InChI is InChI=1S/C33H35FN13O12PS/c1-16(2)29(48)42-33-41-28-24(31(50)43-33)44-45-47(28)21-11-18-20(56-21)13-55-60(51,54-10-9-35-3)58-25-19(12-39-61(52,53)59-18)57-32(22(25)34)46-15-38-23-26(36-14-37-27(23)46)40-30(49)17-7-5-4-6-8-17/h4-8,14-16,18-22,25,32,39H,9-13H2,1-2H3,(H,36,37,40,49)(H2,41,42,43,48,50)/t18-,19+,20+,21+,22+,25+,32+,60?/m0/s1. The average Bonchev–Trinajstić information content (AvgIpc) is 4.02. The molecule has 0 aliphatic carbocycles. The number of imidazole rings is 1. The molecule has 8 rings (SSSR count). The lowest BCUT2D eigenvalue weighted by molar-refractivity contribution is -0.118. The lowest BCUT2D eigenvalue weighted by Crippen LogP contribution is -2.43. The fourth-order valence-corrected chi connectivity index (χ4v) is 8.90. The van der Waals surface area contributed by atoms with Gasteiger partial charge in [-0.2, -0.15) is 22.8 Å². The number of aromatic amines is 1.